The van der Waals surface area contributed by atoms with Gasteiger partial charge in [0, 0.05) is 12.8 Å². The first-order valence-corrected chi connectivity index (χ1v) is 12.0. The summed E-state index contributed by atoms with van der Waals surface area (Å²) >= 11 is 0. The Balaban J connectivity index is 1.44. The van der Waals surface area contributed by atoms with E-state index < -0.39 is 11.9 Å². The van der Waals surface area contributed by atoms with Crippen molar-refractivity contribution < 1.29 is 33.3 Å². The van der Waals surface area contributed by atoms with E-state index in [1.807, 2.05) is 19.1 Å². The lowest BCUT2D eigenvalue weighted by Gasteiger charge is -2.09. The van der Waals surface area contributed by atoms with Crippen LogP contribution < -0.4 is 14.2 Å². The molecule has 3 aromatic rings. The molecule has 0 aliphatic carbocycles. The fraction of sp³-hybridized carbons (Fsp3) is 0.276. The summed E-state index contributed by atoms with van der Waals surface area (Å²) in [6, 6.07) is 20.1. The summed E-state index contributed by atoms with van der Waals surface area (Å²) in [6.45, 7) is 4.68. The highest BCUT2D eigenvalue weighted by atomic mass is 16.5. The van der Waals surface area contributed by atoms with E-state index in [-0.39, 0.29) is 5.97 Å². The van der Waals surface area contributed by atoms with Gasteiger partial charge in [-0.1, -0.05) is 26.0 Å². The Labute approximate surface area is 210 Å². The largest absolute Gasteiger partial charge is 0.493 e. The Hall–Kier alpha value is -4.13. The minimum absolute atomic E-state index is 0.201. The second-order valence-corrected chi connectivity index (χ2v) is 8.00. The maximum absolute atomic E-state index is 12.5. The van der Waals surface area contributed by atoms with E-state index in [2.05, 4.69) is 6.92 Å². The van der Waals surface area contributed by atoms with Gasteiger partial charge in [0.25, 0.3) is 0 Å². The summed E-state index contributed by atoms with van der Waals surface area (Å²) < 4.78 is 21.5. The van der Waals surface area contributed by atoms with Crippen LogP contribution in [0.25, 0.3) is 0 Å². The van der Waals surface area contributed by atoms with Gasteiger partial charge in [-0.05, 0) is 79.1 Å². The number of esters is 3. The van der Waals surface area contributed by atoms with Crippen LogP contribution in [0.3, 0.4) is 0 Å². The van der Waals surface area contributed by atoms with Crippen LogP contribution in [0.15, 0.2) is 72.8 Å². The predicted octanol–water partition coefficient (Wildman–Crippen LogP) is 5.80. The molecule has 0 unspecified atom stereocenters. The van der Waals surface area contributed by atoms with Crippen molar-refractivity contribution in [3.8, 4) is 17.2 Å². The van der Waals surface area contributed by atoms with Crippen molar-refractivity contribution >= 4 is 17.9 Å². The second-order valence-electron chi connectivity index (χ2n) is 8.00. The predicted molar refractivity (Wildman–Crippen MR) is 135 cm³/mol. The lowest BCUT2D eigenvalue weighted by molar-refractivity contribution is -0.143. The summed E-state index contributed by atoms with van der Waals surface area (Å²) in [5.74, 6) is 0.145. The number of carbonyl (C=O) groups excluding carboxylic acids is 3. The first-order chi connectivity index (χ1) is 17.5. The number of rotatable bonds is 12. The molecule has 0 heterocycles. The zero-order chi connectivity index (χ0) is 25.8. The quantitative estimate of drug-likeness (QED) is 0.180. The molecular formula is C29H30O7. The van der Waals surface area contributed by atoms with Gasteiger partial charge in [-0.25, -0.2) is 9.59 Å². The van der Waals surface area contributed by atoms with Crippen LogP contribution in [0.1, 0.15) is 59.4 Å². The van der Waals surface area contributed by atoms with Gasteiger partial charge in [-0.2, -0.15) is 0 Å². The Morgan fingerprint density at radius 3 is 1.64 bits per heavy atom. The molecule has 0 N–H and O–H groups in total. The molecule has 3 rings (SSSR count). The molecule has 0 saturated carbocycles. The van der Waals surface area contributed by atoms with Gasteiger partial charge in [0.15, 0.2) is 0 Å². The summed E-state index contributed by atoms with van der Waals surface area (Å²) in [4.78, 5) is 36.1. The highest BCUT2D eigenvalue weighted by Gasteiger charge is 2.12. The lowest BCUT2D eigenvalue weighted by Crippen LogP contribution is -2.10. The Morgan fingerprint density at radius 2 is 1.14 bits per heavy atom. The molecule has 0 atom stereocenters. The Morgan fingerprint density at radius 1 is 0.639 bits per heavy atom. The highest BCUT2D eigenvalue weighted by Crippen LogP contribution is 2.19. The molecule has 188 valence electrons. The monoisotopic (exact) mass is 490 g/mol. The number of benzene rings is 3. The Kier molecular flexibility index (Phi) is 10.1. The van der Waals surface area contributed by atoms with Crippen LogP contribution in [0.2, 0.25) is 0 Å². The molecule has 0 radical (unpaired) electrons. The normalized spacial score (nSPS) is 10.4. The van der Waals surface area contributed by atoms with Crippen LogP contribution in [0.5, 0.6) is 17.2 Å². The molecule has 0 aromatic heterocycles. The first-order valence-electron chi connectivity index (χ1n) is 12.0. The molecule has 7 heteroatoms. The van der Waals surface area contributed by atoms with Crippen molar-refractivity contribution in [2.24, 2.45) is 0 Å². The van der Waals surface area contributed by atoms with Crippen molar-refractivity contribution in [2.75, 3.05) is 13.2 Å². The van der Waals surface area contributed by atoms with Crippen molar-refractivity contribution in [2.45, 2.75) is 39.5 Å². The van der Waals surface area contributed by atoms with Crippen LogP contribution in [0, 0.1) is 0 Å². The maximum atomic E-state index is 12.5. The van der Waals surface area contributed by atoms with E-state index in [1.54, 1.807) is 60.7 Å². The molecule has 0 spiro atoms. The maximum Gasteiger partial charge on any atom is 0.343 e. The molecule has 0 bridgehead atoms. The first kappa shape index (κ1) is 26.5. The van der Waals surface area contributed by atoms with Gasteiger partial charge in [-0.15, -0.1) is 0 Å². The van der Waals surface area contributed by atoms with Crippen LogP contribution in [-0.4, -0.2) is 31.1 Å². The molecule has 0 fully saturated rings. The smallest absolute Gasteiger partial charge is 0.343 e. The van der Waals surface area contributed by atoms with Gasteiger partial charge < -0.3 is 18.9 Å². The number of hydrogen-bond acceptors (Lipinski definition) is 7. The van der Waals surface area contributed by atoms with Gasteiger partial charge >= 0.3 is 17.9 Å². The SMILES string of the molecule is CCCC(=O)OCCCOc1ccc(C(=O)Oc2ccc(C(=O)Oc3ccc(CC)cc3)cc2)cc1. The topological polar surface area (TPSA) is 88.1 Å². The van der Waals surface area contributed by atoms with Crippen LogP contribution in [-0.2, 0) is 16.0 Å². The fourth-order valence-electron chi connectivity index (χ4n) is 3.18. The number of aryl methyl sites for hydroxylation is 1. The van der Waals surface area contributed by atoms with E-state index in [4.69, 9.17) is 18.9 Å². The third-order valence-corrected chi connectivity index (χ3v) is 5.21. The molecule has 0 amide bonds. The second kappa shape index (κ2) is 13.7. The van der Waals surface area contributed by atoms with Crippen LogP contribution in [0.4, 0.5) is 0 Å². The average Bonchev–Trinajstić information content (AvgIpc) is 2.90. The van der Waals surface area contributed by atoms with E-state index >= 15 is 0 Å². The zero-order valence-corrected chi connectivity index (χ0v) is 20.5. The van der Waals surface area contributed by atoms with Gasteiger partial charge in [0.1, 0.15) is 17.2 Å². The molecule has 0 saturated heterocycles. The van der Waals surface area contributed by atoms with E-state index in [9.17, 15) is 14.4 Å². The van der Waals surface area contributed by atoms with E-state index in [0.717, 1.165) is 18.4 Å². The van der Waals surface area contributed by atoms with Crippen molar-refractivity contribution in [1.82, 2.24) is 0 Å². The number of hydrogen-bond donors (Lipinski definition) is 0. The number of carbonyl (C=O) groups is 3. The van der Waals surface area contributed by atoms with Crippen molar-refractivity contribution in [1.29, 1.82) is 0 Å². The molecule has 0 aliphatic rings. The average molecular weight is 491 g/mol. The Bertz CT molecular complexity index is 1130. The molecule has 3 aromatic carbocycles. The summed E-state index contributed by atoms with van der Waals surface area (Å²) in [6.07, 6.45) is 2.67. The number of ether oxygens (including phenoxy) is 4. The summed E-state index contributed by atoms with van der Waals surface area (Å²) in [5.41, 5.74) is 1.86. The lowest BCUT2D eigenvalue weighted by atomic mass is 10.2. The molecule has 36 heavy (non-hydrogen) atoms. The van der Waals surface area contributed by atoms with Gasteiger partial charge in [-0.3, -0.25) is 4.79 Å². The van der Waals surface area contributed by atoms with Crippen LogP contribution >= 0.6 is 0 Å². The standard InChI is InChI=1S/C29H30O7/c1-3-6-27(30)34-20-5-19-33-24-15-9-22(10-16-24)28(31)36-26-17-11-23(12-18-26)29(32)35-25-13-7-21(4-2)8-14-25/h7-18H,3-6,19-20H2,1-2H3. The third-order valence-electron chi connectivity index (χ3n) is 5.21. The molecular weight excluding hydrogens is 460 g/mol. The molecule has 7 nitrogen and oxygen atoms in total. The van der Waals surface area contributed by atoms with Crippen molar-refractivity contribution in [3.63, 3.8) is 0 Å². The third kappa shape index (κ3) is 8.27. The summed E-state index contributed by atoms with van der Waals surface area (Å²) in [7, 11) is 0. The minimum atomic E-state index is -0.532. The van der Waals surface area contributed by atoms with E-state index in [1.165, 1.54) is 0 Å². The van der Waals surface area contributed by atoms with Gasteiger partial charge in [0.05, 0.1) is 24.3 Å². The summed E-state index contributed by atoms with van der Waals surface area (Å²) in [5, 5.41) is 0. The minimum Gasteiger partial charge on any atom is -0.493 e. The molecule has 0 aliphatic heterocycles. The highest BCUT2D eigenvalue weighted by molar-refractivity contribution is 5.92. The van der Waals surface area contributed by atoms with E-state index in [0.29, 0.717) is 54.4 Å². The fourth-order valence-corrected chi connectivity index (χ4v) is 3.18. The van der Waals surface area contributed by atoms with Gasteiger partial charge in [0.2, 0.25) is 0 Å². The van der Waals surface area contributed by atoms with Crippen molar-refractivity contribution in [3.05, 3.63) is 89.5 Å². The zero-order valence-electron chi connectivity index (χ0n) is 20.5.